The zero-order chi connectivity index (χ0) is 38.2. The average Bonchev–Trinajstić information content (AvgIpc) is 3.66. The first-order valence-electron chi connectivity index (χ1n) is 19.9. The molecule has 11 aromatic carbocycles. The van der Waals surface area contributed by atoms with Crippen molar-refractivity contribution in [3.63, 3.8) is 0 Å². The Labute approximate surface area is 335 Å². The molecule has 0 saturated carbocycles. The van der Waals surface area contributed by atoms with Crippen LogP contribution in [0.3, 0.4) is 0 Å². The van der Waals surface area contributed by atoms with Crippen LogP contribution in [0.5, 0.6) is 0 Å². The molecule has 0 fully saturated rings. The van der Waals surface area contributed by atoms with Gasteiger partial charge in [0.25, 0.3) is 0 Å². The zero-order valence-corrected chi connectivity index (χ0v) is 31.6. The molecule has 1 heterocycles. The summed E-state index contributed by atoms with van der Waals surface area (Å²) in [5.41, 5.74) is 9.70. The van der Waals surface area contributed by atoms with E-state index in [-0.39, 0.29) is 0 Å². The van der Waals surface area contributed by atoms with Gasteiger partial charge in [0.15, 0.2) is 0 Å². The van der Waals surface area contributed by atoms with Crippen LogP contribution in [0.4, 0.5) is 17.1 Å². The van der Waals surface area contributed by atoms with Gasteiger partial charge in [0.1, 0.15) is 11.2 Å². The molecule has 2 nitrogen and oxygen atoms in total. The number of hydrogen-bond donors (Lipinski definition) is 0. The first kappa shape index (κ1) is 32.6. The Morgan fingerprint density at radius 3 is 1.60 bits per heavy atom. The Bertz CT molecular complexity index is 3580. The number of hydrogen-bond acceptors (Lipinski definition) is 2. The third-order valence-electron chi connectivity index (χ3n) is 12.0. The van der Waals surface area contributed by atoms with Gasteiger partial charge in [0.2, 0.25) is 0 Å². The van der Waals surface area contributed by atoms with Crippen molar-refractivity contribution in [1.29, 1.82) is 0 Å². The fourth-order valence-electron chi connectivity index (χ4n) is 9.19. The summed E-state index contributed by atoms with van der Waals surface area (Å²) in [5, 5.41) is 14.6. The maximum absolute atomic E-state index is 6.57. The minimum atomic E-state index is 0.884. The van der Waals surface area contributed by atoms with Crippen LogP contribution >= 0.6 is 0 Å². The summed E-state index contributed by atoms with van der Waals surface area (Å²) in [6, 6.07) is 77.2. The molecule has 0 radical (unpaired) electrons. The van der Waals surface area contributed by atoms with Crippen molar-refractivity contribution in [3.05, 3.63) is 212 Å². The van der Waals surface area contributed by atoms with Crippen LogP contribution in [-0.2, 0) is 0 Å². The summed E-state index contributed by atoms with van der Waals surface area (Å²) in [5.74, 6) is 0. The highest BCUT2D eigenvalue weighted by Crippen LogP contribution is 2.46. The van der Waals surface area contributed by atoms with E-state index in [1.807, 2.05) is 0 Å². The van der Waals surface area contributed by atoms with Crippen LogP contribution in [0.25, 0.3) is 98.1 Å². The van der Waals surface area contributed by atoms with E-state index >= 15 is 0 Å². The lowest BCUT2D eigenvalue weighted by molar-refractivity contribution is 0.669. The lowest BCUT2D eigenvalue weighted by atomic mass is 9.95. The normalized spacial score (nSPS) is 11.8. The van der Waals surface area contributed by atoms with Gasteiger partial charge >= 0.3 is 0 Å². The van der Waals surface area contributed by atoms with E-state index in [2.05, 4.69) is 217 Å². The highest BCUT2D eigenvalue weighted by atomic mass is 16.3. The Hall–Kier alpha value is -7.68. The van der Waals surface area contributed by atoms with Gasteiger partial charge in [-0.15, -0.1) is 0 Å². The molecule has 0 atom stereocenters. The number of benzene rings is 11. The third kappa shape index (κ3) is 5.19. The van der Waals surface area contributed by atoms with Crippen molar-refractivity contribution in [1.82, 2.24) is 0 Å². The number of para-hydroxylation sites is 1. The molecule has 0 saturated heterocycles. The van der Waals surface area contributed by atoms with Gasteiger partial charge < -0.3 is 9.32 Å². The Morgan fingerprint density at radius 1 is 0.293 bits per heavy atom. The molecule has 0 N–H and O–H groups in total. The highest BCUT2D eigenvalue weighted by molar-refractivity contribution is 6.17. The SMILES string of the molecule is c1ccc(N(c2ccc(-c3ccc4c(ccc5ccccc54)c3)cc2)c2ccc3c(ccc4ccccc43)c2)c(-c2cccc3oc4cc5ccccc5cc4c23)c1. The molecule has 270 valence electrons. The van der Waals surface area contributed by atoms with Crippen LogP contribution < -0.4 is 4.90 Å². The number of rotatable bonds is 5. The summed E-state index contributed by atoms with van der Waals surface area (Å²) in [4.78, 5) is 2.41. The van der Waals surface area contributed by atoms with Crippen molar-refractivity contribution in [3.8, 4) is 22.3 Å². The van der Waals surface area contributed by atoms with E-state index in [9.17, 15) is 0 Å². The molecule has 12 rings (SSSR count). The smallest absolute Gasteiger partial charge is 0.136 e. The summed E-state index contributed by atoms with van der Waals surface area (Å²) in [6.07, 6.45) is 0. The molecule has 0 aliphatic carbocycles. The lowest BCUT2D eigenvalue weighted by Crippen LogP contribution is -2.11. The van der Waals surface area contributed by atoms with E-state index in [4.69, 9.17) is 4.42 Å². The zero-order valence-electron chi connectivity index (χ0n) is 31.6. The van der Waals surface area contributed by atoms with Crippen molar-refractivity contribution >= 4 is 92.9 Å². The topological polar surface area (TPSA) is 16.4 Å². The van der Waals surface area contributed by atoms with Gasteiger partial charge in [-0.3, -0.25) is 0 Å². The fraction of sp³-hybridized carbons (Fsp3) is 0. The maximum atomic E-state index is 6.57. The van der Waals surface area contributed by atoms with Crippen molar-refractivity contribution in [2.24, 2.45) is 0 Å². The van der Waals surface area contributed by atoms with Gasteiger partial charge in [-0.1, -0.05) is 158 Å². The van der Waals surface area contributed by atoms with Gasteiger partial charge in [-0.25, -0.2) is 0 Å². The molecule has 1 aromatic heterocycles. The average molecular weight is 738 g/mol. The van der Waals surface area contributed by atoms with Gasteiger partial charge in [0.05, 0.1) is 5.69 Å². The van der Waals surface area contributed by atoms with E-state index in [0.717, 1.165) is 50.1 Å². The fourth-order valence-corrected chi connectivity index (χ4v) is 9.19. The molecule has 2 heteroatoms. The summed E-state index contributed by atoms with van der Waals surface area (Å²) >= 11 is 0. The molecule has 0 bridgehead atoms. The quantitative estimate of drug-likeness (QED) is 0.164. The van der Waals surface area contributed by atoms with Gasteiger partial charge in [-0.05, 0) is 125 Å². The first-order chi connectivity index (χ1) is 28.7. The molecule has 0 amide bonds. The molecule has 0 unspecified atom stereocenters. The van der Waals surface area contributed by atoms with E-state index < -0.39 is 0 Å². The van der Waals surface area contributed by atoms with Crippen molar-refractivity contribution in [2.45, 2.75) is 0 Å². The van der Waals surface area contributed by atoms with Gasteiger partial charge in [-0.2, -0.15) is 0 Å². The largest absolute Gasteiger partial charge is 0.456 e. The Morgan fingerprint density at radius 2 is 0.845 bits per heavy atom. The number of anilines is 3. The molecular weight excluding hydrogens is 703 g/mol. The highest BCUT2D eigenvalue weighted by Gasteiger charge is 2.21. The van der Waals surface area contributed by atoms with Crippen molar-refractivity contribution in [2.75, 3.05) is 4.90 Å². The number of furan rings is 1. The van der Waals surface area contributed by atoms with E-state index in [1.54, 1.807) is 0 Å². The van der Waals surface area contributed by atoms with Crippen LogP contribution in [0, 0.1) is 0 Å². The number of fused-ring (bicyclic) bond motifs is 10. The van der Waals surface area contributed by atoms with Crippen LogP contribution in [0.2, 0.25) is 0 Å². The second kappa shape index (κ2) is 12.9. The molecular formula is C56H35NO. The van der Waals surface area contributed by atoms with E-state index in [1.165, 1.54) is 65.0 Å². The molecule has 0 spiro atoms. The predicted octanol–water partition coefficient (Wildman–Crippen LogP) is 16.2. The minimum Gasteiger partial charge on any atom is -0.456 e. The van der Waals surface area contributed by atoms with Crippen LogP contribution in [-0.4, -0.2) is 0 Å². The van der Waals surface area contributed by atoms with E-state index in [0.29, 0.717) is 0 Å². The predicted molar refractivity (Wildman–Crippen MR) is 247 cm³/mol. The Kier molecular flexibility index (Phi) is 7.26. The summed E-state index contributed by atoms with van der Waals surface area (Å²) in [6.45, 7) is 0. The molecule has 58 heavy (non-hydrogen) atoms. The summed E-state index contributed by atoms with van der Waals surface area (Å²) in [7, 11) is 0. The molecule has 0 aliphatic rings. The third-order valence-corrected chi connectivity index (χ3v) is 12.0. The Balaban J connectivity index is 1.04. The monoisotopic (exact) mass is 737 g/mol. The standard InChI is InChI=1S/C56H35NO/c1-2-13-40-35-55-52(34-39(40)12-1)56-51(17-9-19-54(56)58-55)50-16-7-8-18-53(50)57(45-29-31-49-43(33-45)23-21-38-11-4-6-15-47(38)49)44-27-24-36(25-28-44)41-26-30-48-42(32-41)22-20-37-10-3-5-14-46(37)48/h1-35H. The number of nitrogens with zero attached hydrogens (tertiary/aromatic N) is 1. The minimum absolute atomic E-state index is 0.884. The van der Waals surface area contributed by atoms with Gasteiger partial charge in [0, 0.05) is 27.7 Å². The molecule has 0 aliphatic heterocycles. The second-order valence-corrected chi connectivity index (χ2v) is 15.3. The maximum Gasteiger partial charge on any atom is 0.136 e. The van der Waals surface area contributed by atoms with Crippen molar-refractivity contribution < 1.29 is 4.42 Å². The lowest BCUT2D eigenvalue weighted by Gasteiger charge is -2.28. The molecule has 12 aromatic rings. The van der Waals surface area contributed by atoms with Crippen LogP contribution in [0.1, 0.15) is 0 Å². The first-order valence-corrected chi connectivity index (χ1v) is 19.9. The van der Waals surface area contributed by atoms with Crippen LogP contribution in [0.15, 0.2) is 217 Å². The summed E-state index contributed by atoms with van der Waals surface area (Å²) < 4.78 is 6.57. The second-order valence-electron chi connectivity index (χ2n) is 15.3.